The lowest BCUT2D eigenvalue weighted by molar-refractivity contribution is 0.806. The monoisotopic (exact) mass is 222 g/mol. The number of aryl methyl sites for hydroxylation is 1. The van der Waals surface area contributed by atoms with E-state index in [2.05, 4.69) is 5.10 Å². The van der Waals surface area contributed by atoms with Crippen molar-refractivity contribution >= 4 is 12.4 Å². The molecule has 2 aromatic rings. The minimum Gasteiger partial charge on any atom is -0.267 e. The van der Waals surface area contributed by atoms with Crippen molar-refractivity contribution < 1.29 is 0 Å². The Morgan fingerprint density at radius 3 is 2.67 bits per heavy atom. The lowest BCUT2D eigenvalue weighted by atomic mass is 10.2. The Balaban J connectivity index is 0.00000112. The van der Waals surface area contributed by atoms with Crippen LogP contribution in [0, 0.1) is 6.92 Å². The van der Waals surface area contributed by atoms with Gasteiger partial charge in [0.15, 0.2) is 0 Å². The van der Waals surface area contributed by atoms with Crippen LogP contribution in [0.5, 0.6) is 0 Å². The molecule has 2 rings (SSSR count). The topological polar surface area (TPSA) is 34.9 Å². The van der Waals surface area contributed by atoms with Gasteiger partial charge in [-0.3, -0.25) is 4.79 Å². The summed E-state index contributed by atoms with van der Waals surface area (Å²) in [4.78, 5) is 11.4. The van der Waals surface area contributed by atoms with Crippen molar-refractivity contribution in [2.75, 3.05) is 0 Å². The minimum atomic E-state index is -0.113. The van der Waals surface area contributed by atoms with E-state index in [1.54, 1.807) is 12.3 Å². The van der Waals surface area contributed by atoms with Crippen molar-refractivity contribution in [2.24, 2.45) is 0 Å². The summed E-state index contributed by atoms with van der Waals surface area (Å²) in [5.74, 6) is 0. The highest BCUT2D eigenvalue weighted by molar-refractivity contribution is 5.85. The van der Waals surface area contributed by atoms with Gasteiger partial charge in [-0.15, -0.1) is 12.4 Å². The maximum atomic E-state index is 11.4. The molecule has 15 heavy (non-hydrogen) atoms. The van der Waals surface area contributed by atoms with Crippen LogP contribution in [0.4, 0.5) is 0 Å². The van der Waals surface area contributed by atoms with Crippen molar-refractivity contribution in [1.82, 2.24) is 9.78 Å². The van der Waals surface area contributed by atoms with E-state index in [1.165, 1.54) is 10.7 Å². The van der Waals surface area contributed by atoms with Gasteiger partial charge in [0, 0.05) is 12.3 Å². The summed E-state index contributed by atoms with van der Waals surface area (Å²) in [5, 5.41) is 3.99. The summed E-state index contributed by atoms with van der Waals surface area (Å²) in [6.07, 6.45) is 1.60. The lowest BCUT2D eigenvalue weighted by Crippen LogP contribution is -2.18. The number of hydrogen-bond donors (Lipinski definition) is 0. The van der Waals surface area contributed by atoms with Crippen LogP contribution in [0.3, 0.4) is 0 Å². The number of rotatable bonds is 1. The van der Waals surface area contributed by atoms with Crippen molar-refractivity contribution in [3.8, 4) is 5.69 Å². The molecule has 0 saturated carbocycles. The molecule has 0 atom stereocenters. The molecule has 0 spiro atoms. The molecule has 0 aliphatic heterocycles. The second-order valence-electron chi connectivity index (χ2n) is 3.11. The highest BCUT2D eigenvalue weighted by atomic mass is 35.5. The zero-order chi connectivity index (χ0) is 9.97. The summed E-state index contributed by atoms with van der Waals surface area (Å²) in [6, 6.07) is 10.8. The molecule has 0 aliphatic carbocycles. The molecule has 1 aromatic heterocycles. The molecule has 0 fully saturated rings. The van der Waals surface area contributed by atoms with Gasteiger partial charge in [-0.25, -0.2) is 0 Å². The fraction of sp³-hybridized carbons (Fsp3) is 0.0909. The zero-order valence-electron chi connectivity index (χ0n) is 8.25. The predicted octanol–water partition coefficient (Wildman–Crippen LogP) is 1.96. The molecule has 1 aromatic carbocycles. The second kappa shape index (κ2) is 4.75. The predicted molar refractivity (Wildman–Crippen MR) is 61.8 cm³/mol. The Kier molecular flexibility index (Phi) is 3.63. The maximum Gasteiger partial charge on any atom is 0.271 e. The van der Waals surface area contributed by atoms with Gasteiger partial charge in [-0.2, -0.15) is 9.78 Å². The van der Waals surface area contributed by atoms with E-state index in [9.17, 15) is 4.79 Å². The van der Waals surface area contributed by atoms with Gasteiger partial charge in [-0.05, 0) is 30.7 Å². The van der Waals surface area contributed by atoms with Crippen LogP contribution in [0.15, 0.2) is 47.4 Å². The van der Waals surface area contributed by atoms with Gasteiger partial charge in [0.25, 0.3) is 5.56 Å². The first-order chi connectivity index (χ1) is 6.77. The van der Waals surface area contributed by atoms with Crippen LogP contribution in [0.1, 0.15) is 5.56 Å². The van der Waals surface area contributed by atoms with Gasteiger partial charge < -0.3 is 0 Å². The first-order valence-electron chi connectivity index (χ1n) is 4.39. The Hall–Kier alpha value is -1.61. The Bertz CT molecular complexity index is 508. The second-order valence-corrected chi connectivity index (χ2v) is 3.11. The van der Waals surface area contributed by atoms with Crippen LogP contribution in [-0.2, 0) is 0 Å². The average Bonchev–Trinajstić information content (AvgIpc) is 2.18. The minimum absolute atomic E-state index is 0. The summed E-state index contributed by atoms with van der Waals surface area (Å²) in [5.41, 5.74) is 1.80. The number of benzene rings is 1. The molecule has 0 bridgehead atoms. The van der Waals surface area contributed by atoms with Crippen molar-refractivity contribution in [3.63, 3.8) is 0 Å². The van der Waals surface area contributed by atoms with Crippen LogP contribution in [0.2, 0.25) is 0 Å². The third kappa shape index (κ3) is 2.44. The molecule has 0 saturated heterocycles. The summed E-state index contributed by atoms with van der Waals surface area (Å²) in [6.45, 7) is 1.98. The molecule has 4 heteroatoms. The highest BCUT2D eigenvalue weighted by Gasteiger charge is 1.98. The van der Waals surface area contributed by atoms with Crippen molar-refractivity contribution in [3.05, 3.63) is 58.5 Å². The van der Waals surface area contributed by atoms with Crippen LogP contribution >= 0.6 is 12.4 Å². The van der Waals surface area contributed by atoms with E-state index in [0.29, 0.717) is 0 Å². The van der Waals surface area contributed by atoms with Gasteiger partial charge >= 0.3 is 0 Å². The summed E-state index contributed by atoms with van der Waals surface area (Å²) >= 11 is 0. The van der Waals surface area contributed by atoms with Crippen LogP contribution < -0.4 is 5.56 Å². The number of halogens is 1. The maximum absolute atomic E-state index is 11.4. The first-order valence-corrected chi connectivity index (χ1v) is 4.39. The number of aromatic nitrogens is 2. The van der Waals surface area contributed by atoms with Crippen molar-refractivity contribution in [1.29, 1.82) is 0 Å². The normalized spacial score (nSPS) is 9.40. The molecule has 1 heterocycles. The smallest absolute Gasteiger partial charge is 0.267 e. The lowest BCUT2D eigenvalue weighted by Gasteiger charge is -2.03. The quantitative estimate of drug-likeness (QED) is 0.740. The fourth-order valence-electron chi connectivity index (χ4n) is 1.31. The van der Waals surface area contributed by atoms with Gasteiger partial charge in [0.05, 0.1) is 5.69 Å². The highest BCUT2D eigenvalue weighted by Crippen LogP contribution is 2.05. The van der Waals surface area contributed by atoms with Crippen LogP contribution in [0.25, 0.3) is 5.69 Å². The standard InChI is InChI=1S/C11H10N2O.ClH/c1-9-4-2-5-10(8-9)13-11(14)6-3-7-12-13;/h2-8H,1H3;1H. The Morgan fingerprint density at radius 2 is 2.00 bits per heavy atom. The SMILES string of the molecule is Cc1cccc(-n2ncccc2=O)c1.Cl. The number of hydrogen-bond acceptors (Lipinski definition) is 2. The molecular formula is C11H11ClN2O. The third-order valence-corrected chi connectivity index (χ3v) is 1.96. The third-order valence-electron chi connectivity index (χ3n) is 1.96. The van der Waals surface area contributed by atoms with Gasteiger partial charge in [0.2, 0.25) is 0 Å². The summed E-state index contributed by atoms with van der Waals surface area (Å²) < 4.78 is 1.38. The summed E-state index contributed by atoms with van der Waals surface area (Å²) in [7, 11) is 0. The van der Waals surface area contributed by atoms with Gasteiger partial charge in [-0.1, -0.05) is 12.1 Å². The van der Waals surface area contributed by atoms with E-state index >= 15 is 0 Å². The molecule has 78 valence electrons. The molecule has 0 amide bonds. The van der Waals surface area contributed by atoms with E-state index in [-0.39, 0.29) is 18.0 Å². The first kappa shape index (κ1) is 11.5. The van der Waals surface area contributed by atoms with Crippen LogP contribution in [-0.4, -0.2) is 9.78 Å². The largest absolute Gasteiger partial charge is 0.271 e. The van der Waals surface area contributed by atoms with E-state index < -0.39 is 0 Å². The molecule has 0 aliphatic rings. The molecule has 3 nitrogen and oxygen atoms in total. The Labute approximate surface area is 93.8 Å². The van der Waals surface area contributed by atoms with Crippen molar-refractivity contribution in [2.45, 2.75) is 6.92 Å². The fourth-order valence-corrected chi connectivity index (χ4v) is 1.31. The van der Waals surface area contributed by atoms with E-state index in [1.807, 2.05) is 31.2 Å². The number of nitrogens with zero attached hydrogens (tertiary/aromatic N) is 2. The molecule has 0 radical (unpaired) electrons. The molecule has 0 N–H and O–H groups in total. The average molecular weight is 223 g/mol. The molecule has 0 unspecified atom stereocenters. The Morgan fingerprint density at radius 1 is 1.20 bits per heavy atom. The molecular weight excluding hydrogens is 212 g/mol. The zero-order valence-corrected chi connectivity index (χ0v) is 9.07. The van der Waals surface area contributed by atoms with Gasteiger partial charge in [0.1, 0.15) is 0 Å². The van der Waals surface area contributed by atoms with E-state index in [0.717, 1.165) is 11.3 Å². The van der Waals surface area contributed by atoms with E-state index in [4.69, 9.17) is 0 Å².